The fraction of sp³-hybridized carbons (Fsp3) is 0. The molecule has 0 fully saturated rings. The molecule has 0 aliphatic carbocycles. The van der Waals surface area contributed by atoms with Gasteiger partial charge in [-0.1, -0.05) is 11.6 Å². The van der Waals surface area contributed by atoms with Gasteiger partial charge in [0.15, 0.2) is 0 Å². The highest BCUT2D eigenvalue weighted by Gasteiger charge is 2.08. The maximum absolute atomic E-state index is 6.13. The van der Waals surface area contributed by atoms with Gasteiger partial charge in [-0.25, -0.2) is 4.68 Å². The molecule has 3 aromatic rings. The largest absolute Gasteiger partial charge is 0.464 e. The van der Waals surface area contributed by atoms with Crippen LogP contribution in [-0.4, -0.2) is 20.2 Å². The first-order chi connectivity index (χ1) is 8.34. The minimum Gasteiger partial charge on any atom is -0.464 e. The maximum atomic E-state index is 6.13. The van der Waals surface area contributed by atoms with Gasteiger partial charge in [-0.2, -0.15) is 0 Å². The molecule has 0 saturated carbocycles. The molecular formula is C11H7ClN4O. The van der Waals surface area contributed by atoms with Crippen LogP contribution in [0.3, 0.4) is 0 Å². The van der Waals surface area contributed by atoms with Crippen molar-refractivity contribution in [2.75, 3.05) is 0 Å². The Balaban J connectivity index is 2.13. The van der Waals surface area contributed by atoms with Crippen LogP contribution in [0, 0.1) is 0 Å². The van der Waals surface area contributed by atoms with Crippen molar-refractivity contribution >= 4 is 11.6 Å². The molecule has 6 heteroatoms. The molecule has 0 saturated heterocycles. The zero-order valence-electron chi connectivity index (χ0n) is 8.62. The van der Waals surface area contributed by atoms with Crippen LogP contribution in [0.15, 0.2) is 47.3 Å². The lowest BCUT2D eigenvalue weighted by molar-refractivity contribution is 0.582. The summed E-state index contributed by atoms with van der Waals surface area (Å²) in [4.78, 5) is 0. The van der Waals surface area contributed by atoms with Gasteiger partial charge in [-0.15, -0.1) is 5.10 Å². The highest BCUT2D eigenvalue weighted by atomic mass is 35.5. The molecule has 5 nitrogen and oxygen atoms in total. The van der Waals surface area contributed by atoms with Crippen molar-refractivity contribution < 1.29 is 4.42 Å². The number of hydrogen-bond acceptors (Lipinski definition) is 4. The Kier molecular flexibility index (Phi) is 2.38. The van der Waals surface area contributed by atoms with Crippen LogP contribution >= 0.6 is 11.6 Å². The van der Waals surface area contributed by atoms with E-state index in [2.05, 4.69) is 15.5 Å². The van der Waals surface area contributed by atoms with Crippen molar-refractivity contribution in [3.63, 3.8) is 0 Å². The molecule has 0 unspecified atom stereocenters. The smallest absolute Gasteiger partial charge is 0.143 e. The minimum atomic E-state index is 0.622. The Morgan fingerprint density at radius 2 is 2.18 bits per heavy atom. The van der Waals surface area contributed by atoms with Crippen molar-refractivity contribution in [2.45, 2.75) is 0 Å². The molecule has 0 aliphatic heterocycles. The Morgan fingerprint density at radius 3 is 2.88 bits per heavy atom. The summed E-state index contributed by atoms with van der Waals surface area (Å²) in [6.07, 6.45) is 3.13. The molecule has 0 aliphatic rings. The second kappa shape index (κ2) is 4.03. The summed E-state index contributed by atoms with van der Waals surface area (Å²) in [5, 5.41) is 11.6. The molecule has 84 valence electrons. The average molecular weight is 247 g/mol. The molecule has 0 N–H and O–H groups in total. The molecule has 0 amide bonds. The van der Waals surface area contributed by atoms with Crippen LogP contribution in [-0.2, 0) is 0 Å². The summed E-state index contributed by atoms with van der Waals surface area (Å²) in [5.74, 6) is 0.713. The number of nitrogens with zero attached hydrogens (tertiary/aromatic N) is 4. The molecule has 2 aromatic heterocycles. The van der Waals surface area contributed by atoms with E-state index in [1.807, 2.05) is 24.3 Å². The number of furan rings is 1. The van der Waals surface area contributed by atoms with Gasteiger partial charge in [0, 0.05) is 5.56 Å². The molecule has 2 heterocycles. The number of hydrogen-bond donors (Lipinski definition) is 0. The topological polar surface area (TPSA) is 56.7 Å². The summed E-state index contributed by atoms with van der Waals surface area (Å²) in [5.41, 5.74) is 1.63. The average Bonchev–Trinajstić information content (AvgIpc) is 3.03. The van der Waals surface area contributed by atoms with Crippen molar-refractivity contribution in [3.8, 4) is 17.0 Å². The number of aromatic nitrogens is 4. The third-order valence-electron chi connectivity index (χ3n) is 2.35. The van der Waals surface area contributed by atoms with Crippen LogP contribution in [0.5, 0.6) is 0 Å². The number of rotatable bonds is 2. The Labute approximate surface area is 102 Å². The summed E-state index contributed by atoms with van der Waals surface area (Å²) < 4.78 is 6.89. The third-order valence-corrected chi connectivity index (χ3v) is 2.68. The van der Waals surface area contributed by atoms with E-state index in [-0.39, 0.29) is 0 Å². The monoisotopic (exact) mass is 246 g/mol. The SMILES string of the molecule is Clc1ccc(-n2cnnn2)cc1-c1ccco1. The van der Waals surface area contributed by atoms with E-state index >= 15 is 0 Å². The van der Waals surface area contributed by atoms with Crippen molar-refractivity contribution in [2.24, 2.45) is 0 Å². The molecule has 3 rings (SSSR count). The van der Waals surface area contributed by atoms with E-state index in [9.17, 15) is 0 Å². The van der Waals surface area contributed by atoms with Crippen LogP contribution in [0.1, 0.15) is 0 Å². The summed E-state index contributed by atoms with van der Waals surface area (Å²) >= 11 is 6.13. The zero-order chi connectivity index (χ0) is 11.7. The maximum Gasteiger partial charge on any atom is 0.143 e. The molecule has 1 aromatic carbocycles. The van der Waals surface area contributed by atoms with E-state index in [0.29, 0.717) is 10.8 Å². The predicted octanol–water partition coefficient (Wildman–Crippen LogP) is 2.58. The van der Waals surface area contributed by atoms with Gasteiger partial charge in [-0.05, 0) is 40.8 Å². The van der Waals surface area contributed by atoms with Gasteiger partial charge < -0.3 is 4.42 Å². The number of tetrazole rings is 1. The first-order valence-electron chi connectivity index (χ1n) is 4.91. The van der Waals surface area contributed by atoms with Gasteiger partial charge >= 0.3 is 0 Å². The molecule has 17 heavy (non-hydrogen) atoms. The molecule has 0 radical (unpaired) electrons. The standard InChI is InChI=1S/C11H7ClN4O/c12-10-4-3-8(16-7-13-14-15-16)6-9(10)11-2-1-5-17-11/h1-7H. The van der Waals surface area contributed by atoms with E-state index in [0.717, 1.165) is 11.3 Å². The summed E-state index contributed by atoms with van der Waals surface area (Å²) in [7, 11) is 0. The van der Waals surface area contributed by atoms with Crippen LogP contribution < -0.4 is 0 Å². The van der Waals surface area contributed by atoms with E-state index in [1.165, 1.54) is 6.33 Å². The molecular weight excluding hydrogens is 240 g/mol. The lowest BCUT2D eigenvalue weighted by Crippen LogP contribution is -1.95. The van der Waals surface area contributed by atoms with E-state index in [1.54, 1.807) is 17.0 Å². The first-order valence-corrected chi connectivity index (χ1v) is 5.29. The Morgan fingerprint density at radius 1 is 1.24 bits per heavy atom. The molecule has 0 atom stereocenters. The fourth-order valence-electron chi connectivity index (χ4n) is 1.56. The fourth-order valence-corrected chi connectivity index (χ4v) is 1.77. The summed E-state index contributed by atoms with van der Waals surface area (Å²) in [6, 6.07) is 9.17. The third kappa shape index (κ3) is 1.81. The van der Waals surface area contributed by atoms with E-state index in [4.69, 9.17) is 16.0 Å². The zero-order valence-corrected chi connectivity index (χ0v) is 9.37. The lowest BCUT2D eigenvalue weighted by Gasteiger charge is -2.04. The van der Waals surface area contributed by atoms with Crippen molar-refractivity contribution in [3.05, 3.63) is 47.9 Å². The normalized spacial score (nSPS) is 10.6. The highest BCUT2D eigenvalue weighted by molar-refractivity contribution is 6.33. The van der Waals surface area contributed by atoms with Crippen molar-refractivity contribution in [1.29, 1.82) is 0 Å². The highest BCUT2D eigenvalue weighted by Crippen LogP contribution is 2.29. The van der Waals surface area contributed by atoms with Gasteiger partial charge in [0.2, 0.25) is 0 Å². The number of benzene rings is 1. The number of halogens is 1. The van der Waals surface area contributed by atoms with Gasteiger partial charge in [0.25, 0.3) is 0 Å². The summed E-state index contributed by atoms with van der Waals surface area (Å²) in [6.45, 7) is 0. The second-order valence-electron chi connectivity index (χ2n) is 3.40. The van der Waals surface area contributed by atoms with Crippen LogP contribution in [0.2, 0.25) is 5.02 Å². The van der Waals surface area contributed by atoms with Crippen molar-refractivity contribution in [1.82, 2.24) is 20.2 Å². The Bertz CT molecular complexity index is 619. The van der Waals surface area contributed by atoms with Gasteiger partial charge in [-0.3, -0.25) is 0 Å². The van der Waals surface area contributed by atoms with Gasteiger partial charge in [0.1, 0.15) is 12.1 Å². The van der Waals surface area contributed by atoms with E-state index < -0.39 is 0 Å². The molecule has 0 bridgehead atoms. The van der Waals surface area contributed by atoms with Crippen LogP contribution in [0.25, 0.3) is 17.0 Å². The minimum absolute atomic E-state index is 0.622. The molecule has 0 spiro atoms. The second-order valence-corrected chi connectivity index (χ2v) is 3.80. The van der Waals surface area contributed by atoms with Gasteiger partial charge in [0.05, 0.1) is 17.0 Å². The first kappa shape index (κ1) is 10.0. The Hall–Kier alpha value is -2.14. The lowest BCUT2D eigenvalue weighted by atomic mass is 10.1. The predicted molar refractivity (Wildman–Crippen MR) is 61.9 cm³/mol. The quantitative estimate of drug-likeness (QED) is 0.697. The van der Waals surface area contributed by atoms with Crippen LogP contribution in [0.4, 0.5) is 0 Å².